The van der Waals surface area contributed by atoms with Crippen molar-refractivity contribution in [2.24, 2.45) is 16.9 Å². The van der Waals surface area contributed by atoms with E-state index in [-0.39, 0.29) is 30.1 Å². The Hall–Kier alpha value is -3.19. The molecule has 0 aliphatic carbocycles. The van der Waals surface area contributed by atoms with Gasteiger partial charge >= 0.3 is 6.09 Å². The second-order valence-corrected chi connectivity index (χ2v) is 12.3. The van der Waals surface area contributed by atoms with Crippen molar-refractivity contribution in [3.8, 4) is 5.75 Å². The van der Waals surface area contributed by atoms with Crippen LogP contribution in [0.15, 0.2) is 59.5 Å². The zero-order valence-electron chi connectivity index (χ0n) is 22.1. The van der Waals surface area contributed by atoms with Gasteiger partial charge in [-0.3, -0.25) is 10.1 Å². The van der Waals surface area contributed by atoms with Gasteiger partial charge in [0.15, 0.2) is 0 Å². The SMILES string of the molecule is CNC(=O)C(N)CC(C)(C)CC[C@](O)([C@](N)(Cc1ccccc1)NC(=O)O)S(=O)(=O)c1ccc(OC)cc1. The number of carbonyl (C=O) groups is 2. The highest BCUT2D eigenvalue weighted by molar-refractivity contribution is 7.92. The number of nitrogens with one attached hydrogen (secondary N) is 2. The lowest BCUT2D eigenvalue weighted by Crippen LogP contribution is -2.74. The first kappa shape index (κ1) is 31.0. The molecule has 2 rings (SSSR count). The second-order valence-electron chi connectivity index (χ2n) is 10.1. The molecule has 2 aromatic rings. The predicted molar refractivity (Wildman–Crippen MR) is 143 cm³/mol. The molecule has 12 heteroatoms. The van der Waals surface area contributed by atoms with Crippen molar-refractivity contribution in [2.75, 3.05) is 14.2 Å². The summed E-state index contributed by atoms with van der Waals surface area (Å²) in [6.07, 6.45) is -2.18. The van der Waals surface area contributed by atoms with Crippen LogP contribution in [0.4, 0.5) is 4.79 Å². The van der Waals surface area contributed by atoms with Gasteiger partial charge in [-0.1, -0.05) is 44.2 Å². The third-order valence-corrected chi connectivity index (χ3v) is 9.01. The number of hydrogen-bond acceptors (Lipinski definition) is 8. The number of likely N-dealkylation sites (N-methyl/N-ethyl adjacent to an activating group) is 1. The van der Waals surface area contributed by atoms with Crippen LogP contribution in [-0.2, 0) is 21.1 Å². The molecule has 2 amide bonds. The number of carbonyl (C=O) groups excluding carboxylic acids is 1. The maximum atomic E-state index is 14.1. The number of ether oxygens (including phenoxy) is 1. The molecule has 0 aromatic heterocycles. The van der Waals surface area contributed by atoms with Crippen molar-refractivity contribution in [2.45, 2.75) is 61.1 Å². The zero-order chi connectivity index (χ0) is 28.8. The summed E-state index contributed by atoms with van der Waals surface area (Å²) >= 11 is 0. The summed E-state index contributed by atoms with van der Waals surface area (Å²) in [6, 6.07) is 12.9. The summed E-state index contributed by atoms with van der Waals surface area (Å²) in [4.78, 5) is 20.8. The smallest absolute Gasteiger partial charge is 0.406 e. The Morgan fingerprint density at radius 1 is 1.05 bits per heavy atom. The van der Waals surface area contributed by atoms with E-state index in [4.69, 9.17) is 16.2 Å². The third kappa shape index (κ3) is 7.01. The Kier molecular flexibility index (Phi) is 9.89. The number of nitrogens with two attached hydrogens (primary N) is 2. The summed E-state index contributed by atoms with van der Waals surface area (Å²) in [6.45, 7) is 3.55. The molecule has 210 valence electrons. The zero-order valence-corrected chi connectivity index (χ0v) is 22.9. The Morgan fingerprint density at radius 2 is 1.63 bits per heavy atom. The summed E-state index contributed by atoms with van der Waals surface area (Å²) in [5.41, 5.74) is 9.96. The lowest BCUT2D eigenvalue weighted by atomic mass is 9.78. The minimum absolute atomic E-state index is 0.0403. The van der Waals surface area contributed by atoms with E-state index in [9.17, 15) is 28.2 Å². The minimum Gasteiger partial charge on any atom is -0.497 e. The van der Waals surface area contributed by atoms with Crippen molar-refractivity contribution in [3.05, 3.63) is 60.2 Å². The largest absolute Gasteiger partial charge is 0.497 e. The van der Waals surface area contributed by atoms with Gasteiger partial charge in [0, 0.05) is 13.5 Å². The van der Waals surface area contributed by atoms with Gasteiger partial charge in [0.05, 0.1) is 18.0 Å². The number of aliphatic hydroxyl groups is 1. The average Bonchev–Trinajstić information content (AvgIpc) is 2.86. The van der Waals surface area contributed by atoms with Crippen molar-refractivity contribution >= 4 is 21.8 Å². The van der Waals surface area contributed by atoms with E-state index in [1.54, 1.807) is 44.2 Å². The quantitative estimate of drug-likeness (QED) is 0.201. The molecule has 0 bridgehead atoms. The number of benzene rings is 2. The topological polar surface area (TPSA) is 194 Å². The van der Waals surface area contributed by atoms with Crippen molar-refractivity contribution in [3.63, 3.8) is 0 Å². The molecule has 38 heavy (non-hydrogen) atoms. The molecule has 1 unspecified atom stereocenters. The van der Waals surface area contributed by atoms with Crippen molar-refractivity contribution in [1.29, 1.82) is 0 Å². The van der Waals surface area contributed by atoms with Gasteiger partial charge in [-0.15, -0.1) is 0 Å². The molecule has 0 saturated carbocycles. The third-order valence-electron chi connectivity index (χ3n) is 6.66. The van der Waals surface area contributed by atoms with Crippen LogP contribution < -0.4 is 26.8 Å². The number of sulfone groups is 1. The number of hydrogen-bond donors (Lipinski definition) is 6. The molecule has 0 saturated heterocycles. The van der Waals surface area contributed by atoms with E-state index in [0.29, 0.717) is 11.3 Å². The van der Waals surface area contributed by atoms with E-state index in [0.717, 1.165) is 0 Å². The summed E-state index contributed by atoms with van der Waals surface area (Å²) in [7, 11) is -1.80. The second kappa shape index (κ2) is 12.1. The van der Waals surface area contributed by atoms with Crippen molar-refractivity contribution < 1.29 is 33.0 Å². The Balaban J connectivity index is 2.63. The number of amides is 2. The lowest BCUT2D eigenvalue weighted by molar-refractivity contribution is -0.122. The standard InChI is InChI=1S/C26H38N4O7S/c1-24(2,17-21(27)22(31)29-3)14-15-26(34,38(35,36)20-12-10-19(37-4)11-13-20)25(28,30-23(32)33)16-18-8-6-5-7-9-18/h5-13,21,30,34H,14-17,27-28H2,1-4H3,(H,29,31)(H,32,33)/t21?,25-,26+/m0/s1. The highest BCUT2D eigenvalue weighted by atomic mass is 32.2. The predicted octanol–water partition coefficient (Wildman–Crippen LogP) is 1.59. The fourth-order valence-corrected chi connectivity index (χ4v) is 6.28. The normalized spacial score (nSPS) is 16.0. The summed E-state index contributed by atoms with van der Waals surface area (Å²) < 4.78 is 33.3. The van der Waals surface area contributed by atoms with E-state index in [1.807, 2.05) is 0 Å². The first-order valence-electron chi connectivity index (χ1n) is 12.0. The molecule has 8 N–H and O–H groups in total. The molecule has 0 radical (unpaired) electrons. The maximum Gasteiger partial charge on any atom is 0.406 e. The van der Waals surface area contributed by atoms with Gasteiger partial charge < -0.3 is 31.7 Å². The summed E-state index contributed by atoms with van der Waals surface area (Å²) in [5, 5.41) is 26.3. The number of carboxylic acid groups (broad SMARTS) is 1. The van der Waals surface area contributed by atoms with Crippen LogP contribution in [0.1, 0.15) is 38.7 Å². The fourth-order valence-electron chi connectivity index (χ4n) is 4.42. The first-order chi connectivity index (χ1) is 17.6. The van der Waals surface area contributed by atoms with Gasteiger partial charge in [-0.25, -0.2) is 13.2 Å². The number of rotatable bonds is 13. The van der Waals surface area contributed by atoms with Gasteiger partial charge in [0.25, 0.3) is 0 Å². The van der Waals surface area contributed by atoms with Gasteiger partial charge in [-0.2, -0.15) is 0 Å². The molecule has 3 atom stereocenters. The van der Waals surface area contributed by atoms with E-state index in [1.165, 1.54) is 38.4 Å². The highest BCUT2D eigenvalue weighted by Crippen LogP contribution is 2.41. The minimum atomic E-state index is -4.68. The number of methoxy groups -OCH3 is 1. The van der Waals surface area contributed by atoms with Crippen LogP contribution in [-0.4, -0.2) is 61.4 Å². The highest BCUT2D eigenvalue weighted by Gasteiger charge is 2.58. The Morgan fingerprint density at radius 3 is 2.13 bits per heavy atom. The van der Waals surface area contributed by atoms with Gasteiger partial charge in [-0.05, 0) is 54.5 Å². The average molecular weight is 551 g/mol. The fraction of sp³-hybridized carbons (Fsp3) is 0.462. The van der Waals surface area contributed by atoms with Crippen LogP contribution in [0.25, 0.3) is 0 Å². The molecule has 0 aliphatic rings. The molecule has 0 heterocycles. The molecule has 2 aromatic carbocycles. The Labute approximate surface area is 223 Å². The van der Waals surface area contributed by atoms with E-state index in [2.05, 4.69) is 10.6 Å². The van der Waals surface area contributed by atoms with Crippen LogP contribution in [0.5, 0.6) is 5.75 Å². The molecular weight excluding hydrogens is 512 g/mol. The molecule has 0 fully saturated rings. The van der Waals surface area contributed by atoms with Gasteiger partial charge in [0.2, 0.25) is 20.7 Å². The Bertz CT molecular complexity index is 1210. The van der Waals surface area contributed by atoms with Crippen LogP contribution in [0, 0.1) is 5.41 Å². The lowest BCUT2D eigenvalue weighted by Gasteiger charge is -2.45. The van der Waals surface area contributed by atoms with Crippen LogP contribution in [0.2, 0.25) is 0 Å². The first-order valence-corrected chi connectivity index (χ1v) is 13.5. The van der Waals surface area contributed by atoms with Crippen LogP contribution in [0.3, 0.4) is 0 Å². The molecule has 0 spiro atoms. The molecular formula is C26H38N4O7S. The van der Waals surface area contributed by atoms with E-state index < -0.39 is 44.4 Å². The van der Waals surface area contributed by atoms with Crippen molar-refractivity contribution in [1.82, 2.24) is 10.6 Å². The molecule has 11 nitrogen and oxygen atoms in total. The maximum absolute atomic E-state index is 14.1. The summed E-state index contributed by atoms with van der Waals surface area (Å²) in [5.74, 6) is 0.00718. The van der Waals surface area contributed by atoms with E-state index >= 15 is 0 Å². The monoisotopic (exact) mass is 550 g/mol. The molecule has 0 aliphatic heterocycles. The van der Waals surface area contributed by atoms with Crippen LogP contribution >= 0.6 is 0 Å². The van der Waals surface area contributed by atoms with Gasteiger partial charge in [0.1, 0.15) is 11.4 Å².